The Morgan fingerprint density at radius 1 is 1.00 bits per heavy atom. The van der Waals surface area contributed by atoms with E-state index in [1.165, 1.54) is 11.1 Å². The quantitative estimate of drug-likeness (QED) is 0.546. The van der Waals surface area contributed by atoms with E-state index in [1.807, 2.05) is 49.9 Å². The van der Waals surface area contributed by atoms with Crippen molar-refractivity contribution in [1.29, 1.82) is 0 Å². The minimum absolute atomic E-state index is 0.0401. The van der Waals surface area contributed by atoms with E-state index in [2.05, 4.69) is 53.3 Å². The molecule has 3 amide bonds. The Labute approximate surface area is 202 Å². The molecule has 1 unspecified atom stereocenters. The van der Waals surface area contributed by atoms with Crippen LogP contribution in [0.2, 0.25) is 0 Å². The summed E-state index contributed by atoms with van der Waals surface area (Å²) in [5, 5.41) is 2.98. The average molecular weight is 459 g/mol. The molecule has 4 rings (SSSR count). The number of urea groups is 1. The van der Waals surface area contributed by atoms with Gasteiger partial charge >= 0.3 is 6.03 Å². The zero-order valence-corrected chi connectivity index (χ0v) is 20.5. The van der Waals surface area contributed by atoms with Crippen molar-refractivity contribution < 1.29 is 9.59 Å². The summed E-state index contributed by atoms with van der Waals surface area (Å²) in [6.45, 7) is 10.1. The van der Waals surface area contributed by atoms with Gasteiger partial charge in [-0.15, -0.1) is 0 Å². The molecule has 1 N–H and O–H groups in total. The second kappa shape index (κ2) is 10.2. The second-order valence-corrected chi connectivity index (χ2v) is 9.18. The van der Waals surface area contributed by atoms with E-state index in [4.69, 9.17) is 0 Å². The first-order chi connectivity index (χ1) is 16.4. The number of amides is 3. The highest BCUT2D eigenvalue weighted by Gasteiger charge is 2.33. The lowest BCUT2D eigenvalue weighted by atomic mass is 9.98. The van der Waals surface area contributed by atoms with E-state index in [0.717, 1.165) is 35.5 Å². The molecule has 6 heteroatoms. The van der Waals surface area contributed by atoms with Gasteiger partial charge < -0.3 is 19.7 Å². The SMILES string of the molecule is CCCN(CC(=O)N1CCn2cccc2C1c1ccc(C)cc1)C(=O)Nc1ccc(C)c(C)c1. The summed E-state index contributed by atoms with van der Waals surface area (Å²) in [4.78, 5) is 30.3. The molecule has 1 atom stereocenters. The number of fused-ring (bicyclic) bond motifs is 1. The van der Waals surface area contributed by atoms with Crippen molar-refractivity contribution in [1.82, 2.24) is 14.4 Å². The summed E-state index contributed by atoms with van der Waals surface area (Å²) < 4.78 is 2.21. The summed E-state index contributed by atoms with van der Waals surface area (Å²) in [6.07, 6.45) is 2.84. The van der Waals surface area contributed by atoms with Crippen LogP contribution < -0.4 is 5.32 Å². The van der Waals surface area contributed by atoms with Crippen LogP contribution in [0.4, 0.5) is 10.5 Å². The third-order valence-electron chi connectivity index (χ3n) is 6.62. The molecule has 0 spiro atoms. The zero-order valence-electron chi connectivity index (χ0n) is 20.5. The monoisotopic (exact) mass is 458 g/mol. The molecule has 3 aromatic rings. The van der Waals surface area contributed by atoms with Crippen molar-refractivity contribution in [2.75, 3.05) is 25.0 Å². The molecule has 0 radical (unpaired) electrons. The highest BCUT2D eigenvalue weighted by atomic mass is 16.2. The van der Waals surface area contributed by atoms with E-state index in [9.17, 15) is 9.59 Å². The molecular weight excluding hydrogens is 424 g/mol. The standard InChI is InChI=1S/C28H34N4O2/c1-5-14-31(28(34)29-24-13-10-21(3)22(4)18-24)19-26(33)32-17-16-30-15-6-7-25(30)27(32)23-11-8-20(2)9-12-23/h6-13,15,18,27H,5,14,16-17,19H2,1-4H3,(H,29,34). The van der Waals surface area contributed by atoms with Gasteiger partial charge in [0.1, 0.15) is 6.54 Å². The number of anilines is 1. The van der Waals surface area contributed by atoms with Crippen molar-refractivity contribution in [3.63, 3.8) is 0 Å². The first-order valence-corrected chi connectivity index (χ1v) is 12.0. The number of aromatic nitrogens is 1. The lowest BCUT2D eigenvalue weighted by Gasteiger charge is -2.38. The first-order valence-electron chi connectivity index (χ1n) is 12.0. The molecule has 0 saturated heterocycles. The molecule has 0 bridgehead atoms. The van der Waals surface area contributed by atoms with Crippen LogP contribution in [0, 0.1) is 20.8 Å². The van der Waals surface area contributed by atoms with Crippen molar-refractivity contribution in [2.24, 2.45) is 0 Å². The topological polar surface area (TPSA) is 57.6 Å². The van der Waals surface area contributed by atoms with E-state index in [1.54, 1.807) is 4.90 Å². The van der Waals surface area contributed by atoms with Crippen LogP contribution in [-0.4, -0.2) is 45.9 Å². The molecule has 34 heavy (non-hydrogen) atoms. The van der Waals surface area contributed by atoms with Crippen LogP contribution >= 0.6 is 0 Å². The summed E-state index contributed by atoms with van der Waals surface area (Å²) in [7, 11) is 0. The molecule has 0 fully saturated rings. The van der Waals surface area contributed by atoms with Crippen LogP contribution in [0.5, 0.6) is 0 Å². The van der Waals surface area contributed by atoms with E-state index >= 15 is 0 Å². The molecule has 0 aliphatic carbocycles. The molecule has 1 aliphatic rings. The van der Waals surface area contributed by atoms with E-state index < -0.39 is 0 Å². The Bertz CT molecular complexity index is 1170. The molecule has 0 saturated carbocycles. The van der Waals surface area contributed by atoms with Gasteiger partial charge in [-0.2, -0.15) is 0 Å². The predicted octanol–water partition coefficient (Wildman–Crippen LogP) is 5.29. The summed E-state index contributed by atoms with van der Waals surface area (Å²) in [6, 6.07) is 17.9. The van der Waals surface area contributed by atoms with E-state index in [-0.39, 0.29) is 24.5 Å². The number of nitrogens with one attached hydrogen (secondary N) is 1. The average Bonchev–Trinajstić information content (AvgIpc) is 3.30. The summed E-state index contributed by atoms with van der Waals surface area (Å²) in [5.74, 6) is -0.0401. The van der Waals surface area contributed by atoms with Crippen LogP contribution in [-0.2, 0) is 11.3 Å². The fourth-order valence-corrected chi connectivity index (χ4v) is 4.55. The molecule has 6 nitrogen and oxygen atoms in total. The van der Waals surface area contributed by atoms with Crippen LogP contribution in [0.25, 0.3) is 0 Å². The molecule has 178 valence electrons. The number of carbonyl (C=O) groups excluding carboxylic acids is 2. The third kappa shape index (κ3) is 5.01. The van der Waals surface area contributed by atoms with Gasteiger partial charge in [0.25, 0.3) is 0 Å². The minimum atomic E-state index is -0.245. The van der Waals surface area contributed by atoms with Crippen molar-refractivity contribution in [3.05, 3.63) is 88.7 Å². The lowest BCUT2D eigenvalue weighted by molar-refractivity contribution is -0.134. The summed E-state index contributed by atoms with van der Waals surface area (Å²) >= 11 is 0. The molecule has 2 aromatic carbocycles. The second-order valence-electron chi connectivity index (χ2n) is 9.18. The maximum absolute atomic E-state index is 13.6. The van der Waals surface area contributed by atoms with Gasteiger partial charge in [0.05, 0.1) is 6.04 Å². The maximum atomic E-state index is 13.6. The fourth-order valence-electron chi connectivity index (χ4n) is 4.55. The predicted molar refractivity (Wildman–Crippen MR) is 136 cm³/mol. The van der Waals surface area contributed by atoms with Crippen molar-refractivity contribution in [3.8, 4) is 0 Å². The van der Waals surface area contributed by atoms with Crippen LogP contribution in [0.15, 0.2) is 60.8 Å². The number of hydrogen-bond acceptors (Lipinski definition) is 2. The number of hydrogen-bond donors (Lipinski definition) is 1. The van der Waals surface area contributed by atoms with Gasteiger partial charge in [-0.05, 0) is 68.1 Å². The largest absolute Gasteiger partial charge is 0.348 e. The van der Waals surface area contributed by atoms with Gasteiger partial charge in [-0.25, -0.2) is 4.79 Å². The Morgan fingerprint density at radius 3 is 2.47 bits per heavy atom. The molecule has 2 heterocycles. The number of rotatable bonds is 6. The van der Waals surface area contributed by atoms with Crippen LogP contribution in [0.1, 0.15) is 47.3 Å². The first kappa shape index (κ1) is 23.6. The van der Waals surface area contributed by atoms with Crippen molar-refractivity contribution in [2.45, 2.75) is 46.7 Å². The van der Waals surface area contributed by atoms with E-state index in [0.29, 0.717) is 13.1 Å². The Balaban J connectivity index is 1.54. The normalized spacial score (nSPS) is 15.1. The lowest BCUT2D eigenvalue weighted by Crippen LogP contribution is -2.48. The third-order valence-corrected chi connectivity index (χ3v) is 6.62. The minimum Gasteiger partial charge on any atom is -0.348 e. The van der Waals surface area contributed by atoms with Crippen molar-refractivity contribution >= 4 is 17.6 Å². The fraction of sp³-hybridized carbons (Fsp3) is 0.357. The maximum Gasteiger partial charge on any atom is 0.322 e. The molecule has 1 aromatic heterocycles. The summed E-state index contributed by atoms with van der Waals surface area (Å²) in [5.41, 5.74) is 6.41. The smallest absolute Gasteiger partial charge is 0.322 e. The van der Waals surface area contributed by atoms with Crippen LogP contribution in [0.3, 0.4) is 0 Å². The molecular formula is C28H34N4O2. The number of benzene rings is 2. The number of nitrogens with zero attached hydrogens (tertiary/aromatic N) is 3. The Hall–Kier alpha value is -3.54. The number of carbonyl (C=O) groups is 2. The highest BCUT2D eigenvalue weighted by molar-refractivity contribution is 5.92. The molecule has 1 aliphatic heterocycles. The van der Waals surface area contributed by atoms with Gasteiger partial charge in [0.2, 0.25) is 5.91 Å². The van der Waals surface area contributed by atoms with Gasteiger partial charge in [-0.3, -0.25) is 4.79 Å². The Kier molecular flexibility index (Phi) is 7.06. The van der Waals surface area contributed by atoms with Gasteiger partial charge in [0.15, 0.2) is 0 Å². The zero-order chi connectivity index (χ0) is 24.2. The Morgan fingerprint density at radius 2 is 1.76 bits per heavy atom. The van der Waals surface area contributed by atoms with Gasteiger partial charge in [-0.1, -0.05) is 42.8 Å². The number of aryl methyl sites for hydroxylation is 3. The van der Waals surface area contributed by atoms with Gasteiger partial charge in [0, 0.05) is 37.2 Å². The highest BCUT2D eigenvalue weighted by Crippen LogP contribution is 2.32.